The van der Waals surface area contributed by atoms with Gasteiger partial charge in [0.1, 0.15) is 11.8 Å². The molecule has 1 fully saturated rings. The molecule has 0 aromatic heterocycles. The van der Waals surface area contributed by atoms with Gasteiger partial charge in [-0.2, -0.15) is 0 Å². The van der Waals surface area contributed by atoms with Crippen molar-refractivity contribution in [3.63, 3.8) is 0 Å². The molecule has 0 bridgehead atoms. The molecule has 22 heavy (non-hydrogen) atoms. The van der Waals surface area contributed by atoms with Crippen LogP contribution in [0.1, 0.15) is 12.0 Å². The molecule has 0 saturated carbocycles. The molecule has 3 rings (SSSR count). The van der Waals surface area contributed by atoms with E-state index in [1.807, 2.05) is 19.1 Å². The molecule has 1 heterocycles. The molecule has 2 aromatic carbocycles. The fourth-order valence-corrected chi connectivity index (χ4v) is 2.61. The van der Waals surface area contributed by atoms with Gasteiger partial charge in [0.2, 0.25) is 5.91 Å². The molecule has 1 saturated heterocycles. The molecule has 0 spiro atoms. The summed E-state index contributed by atoms with van der Waals surface area (Å²) in [5.74, 6) is -0.392. The molecule has 5 heteroatoms. The average Bonchev–Trinajstić information content (AvgIpc) is 2.74. The number of aryl methyl sites for hydroxylation is 1. The van der Waals surface area contributed by atoms with Crippen LogP contribution in [0.4, 0.5) is 11.4 Å². The first-order valence-electron chi connectivity index (χ1n) is 7.04. The second-order valence-corrected chi connectivity index (χ2v) is 5.31. The third-order valence-corrected chi connectivity index (χ3v) is 3.69. The van der Waals surface area contributed by atoms with Gasteiger partial charge >= 0.3 is 0 Å². The minimum Gasteiger partial charge on any atom is -0.508 e. The van der Waals surface area contributed by atoms with Gasteiger partial charge in [-0.05, 0) is 30.7 Å². The van der Waals surface area contributed by atoms with Crippen LogP contribution in [-0.4, -0.2) is 23.0 Å². The molecular weight excluding hydrogens is 280 g/mol. The van der Waals surface area contributed by atoms with Crippen molar-refractivity contribution in [2.24, 2.45) is 0 Å². The number of phenolic OH excluding ortho intramolecular Hbond substituents is 1. The first kappa shape index (κ1) is 14.1. The number of nitrogens with one attached hydrogen (secondary N) is 1. The Hall–Kier alpha value is -2.82. The first-order chi connectivity index (χ1) is 10.6. The topological polar surface area (TPSA) is 69.6 Å². The number of benzene rings is 2. The summed E-state index contributed by atoms with van der Waals surface area (Å²) in [6.45, 7) is 1.87. The number of anilines is 2. The van der Waals surface area contributed by atoms with Gasteiger partial charge in [-0.15, -0.1) is 0 Å². The number of amides is 2. The van der Waals surface area contributed by atoms with E-state index in [1.165, 1.54) is 11.0 Å². The Labute approximate surface area is 128 Å². The third kappa shape index (κ3) is 2.53. The van der Waals surface area contributed by atoms with Crippen LogP contribution in [0, 0.1) is 6.92 Å². The van der Waals surface area contributed by atoms with Crippen molar-refractivity contribution in [1.82, 2.24) is 0 Å². The minimum absolute atomic E-state index is 0.100. The quantitative estimate of drug-likeness (QED) is 0.854. The predicted molar refractivity (Wildman–Crippen MR) is 83.8 cm³/mol. The van der Waals surface area contributed by atoms with Gasteiger partial charge < -0.3 is 10.4 Å². The summed E-state index contributed by atoms with van der Waals surface area (Å²) < 4.78 is 0. The summed E-state index contributed by atoms with van der Waals surface area (Å²) in [6.07, 6.45) is 0.100. The first-order valence-corrected chi connectivity index (χ1v) is 7.04. The molecule has 1 unspecified atom stereocenters. The Kier molecular flexibility index (Phi) is 3.55. The average molecular weight is 296 g/mol. The number of hydrogen-bond acceptors (Lipinski definition) is 4. The summed E-state index contributed by atoms with van der Waals surface area (Å²) >= 11 is 0. The maximum atomic E-state index is 12.5. The lowest BCUT2D eigenvalue weighted by Gasteiger charge is -2.18. The number of rotatable bonds is 3. The van der Waals surface area contributed by atoms with E-state index in [0.29, 0.717) is 11.4 Å². The van der Waals surface area contributed by atoms with E-state index in [4.69, 9.17) is 0 Å². The normalized spacial score (nSPS) is 17.9. The number of carbonyl (C=O) groups is 2. The van der Waals surface area contributed by atoms with Crippen LogP contribution in [0.15, 0.2) is 48.5 Å². The fraction of sp³-hybridized carbons (Fsp3) is 0.176. The zero-order chi connectivity index (χ0) is 15.7. The molecule has 0 radical (unpaired) electrons. The van der Waals surface area contributed by atoms with Gasteiger partial charge in [0.15, 0.2) is 0 Å². The van der Waals surface area contributed by atoms with E-state index in [0.717, 1.165) is 5.56 Å². The maximum absolute atomic E-state index is 12.5. The van der Waals surface area contributed by atoms with E-state index in [9.17, 15) is 14.7 Å². The number of nitrogens with zero attached hydrogens (tertiary/aromatic N) is 1. The molecule has 2 N–H and O–H groups in total. The van der Waals surface area contributed by atoms with Crippen LogP contribution in [0.5, 0.6) is 5.75 Å². The Bertz CT molecular complexity index is 742. The van der Waals surface area contributed by atoms with Crippen molar-refractivity contribution < 1.29 is 14.7 Å². The standard InChI is InChI=1S/C17H16N2O3/c1-11-5-2-3-8-15(11)19-16(21)10-14(17(19)22)18-12-6-4-7-13(20)9-12/h2-9,14,18,20H,10H2,1H3. The Morgan fingerprint density at radius 1 is 1.14 bits per heavy atom. The van der Waals surface area contributed by atoms with E-state index >= 15 is 0 Å². The van der Waals surface area contributed by atoms with Crippen molar-refractivity contribution in [2.45, 2.75) is 19.4 Å². The van der Waals surface area contributed by atoms with Crippen LogP contribution >= 0.6 is 0 Å². The van der Waals surface area contributed by atoms with Crippen LogP contribution in [0.2, 0.25) is 0 Å². The summed E-state index contributed by atoms with van der Waals surface area (Å²) in [6, 6.07) is 13.2. The molecule has 2 aromatic rings. The van der Waals surface area contributed by atoms with E-state index in [1.54, 1.807) is 30.3 Å². The van der Waals surface area contributed by atoms with Gasteiger partial charge in [0.05, 0.1) is 12.1 Å². The number of hydrogen-bond donors (Lipinski definition) is 2. The van der Waals surface area contributed by atoms with Crippen molar-refractivity contribution in [2.75, 3.05) is 10.2 Å². The van der Waals surface area contributed by atoms with E-state index in [2.05, 4.69) is 5.32 Å². The number of imide groups is 1. The lowest BCUT2D eigenvalue weighted by atomic mass is 10.2. The Balaban J connectivity index is 1.84. The number of phenols is 1. The molecule has 0 aliphatic carbocycles. The monoisotopic (exact) mass is 296 g/mol. The van der Waals surface area contributed by atoms with Gasteiger partial charge in [-0.25, -0.2) is 4.90 Å². The van der Waals surface area contributed by atoms with Crippen LogP contribution in [-0.2, 0) is 9.59 Å². The Morgan fingerprint density at radius 2 is 1.91 bits per heavy atom. The highest BCUT2D eigenvalue weighted by Gasteiger charge is 2.40. The second-order valence-electron chi connectivity index (χ2n) is 5.31. The SMILES string of the molecule is Cc1ccccc1N1C(=O)CC(Nc2cccc(O)c2)C1=O. The molecule has 112 valence electrons. The maximum Gasteiger partial charge on any atom is 0.256 e. The molecule has 2 amide bonds. The van der Waals surface area contributed by atoms with Gasteiger partial charge in [-0.1, -0.05) is 24.3 Å². The lowest BCUT2D eigenvalue weighted by Crippen LogP contribution is -2.35. The number of aromatic hydroxyl groups is 1. The van der Waals surface area contributed by atoms with Crippen molar-refractivity contribution >= 4 is 23.2 Å². The van der Waals surface area contributed by atoms with Crippen molar-refractivity contribution in [3.05, 3.63) is 54.1 Å². The van der Waals surface area contributed by atoms with Crippen molar-refractivity contribution in [1.29, 1.82) is 0 Å². The van der Waals surface area contributed by atoms with E-state index in [-0.39, 0.29) is 24.0 Å². The van der Waals surface area contributed by atoms with Crippen molar-refractivity contribution in [3.8, 4) is 5.75 Å². The lowest BCUT2D eigenvalue weighted by molar-refractivity contribution is -0.121. The molecular formula is C17H16N2O3. The highest BCUT2D eigenvalue weighted by atomic mass is 16.3. The van der Waals surface area contributed by atoms with Crippen LogP contribution < -0.4 is 10.2 Å². The summed E-state index contributed by atoms with van der Waals surface area (Å²) in [7, 11) is 0. The molecule has 1 aliphatic rings. The zero-order valence-corrected chi connectivity index (χ0v) is 12.1. The van der Waals surface area contributed by atoms with Gasteiger partial charge in [0, 0.05) is 11.8 Å². The van der Waals surface area contributed by atoms with Gasteiger partial charge in [-0.3, -0.25) is 9.59 Å². The summed E-state index contributed by atoms with van der Waals surface area (Å²) in [5.41, 5.74) is 2.11. The zero-order valence-electron chi connectivity index (χ0n) is 12.1. The van der Waals surface area contributed by atoms with Gasteiger partial charge in [0.25, 0.3) is 5.91 Å². The highest BCUT2D eigenvalue weighted by Crippen LogP contribution is 2.28. The molecule has 1 aliphatic heterocycles. The van der Waals surface area contributed by atoms with Crippen LogP contribution in [0.25, 0.3) is 0 Å². The van der Waals surface area contributed by atoms with E-state index < -0.39 is 6.04 Å². The number of carbonyl (C=O) groups excluding carboxylic acids is 2. The summed E-state index contributed by atoms with van der Waals surface area (Å²) in [5, 5.41) is 12.5. The molecule has 1 atom stereocenters. The third-order valence-electron chi connectivity index (χ3n) is 3.69. The highest BCUT2D eigenvalue weighted by molar-refractivity contribution is 6.23. The number of para-hydroxylation sites is 1. The fourth-order valence-electron chi connectivity index (χ4n) is 2.61. The summed E-state index contributed by atoms with van der Waals surface area (Å²) in [4.78, 5) is 26.0. The van der Waals surface area contributed by atoms with Crippen LogP contribution in [0.3, 0.4) is 0 Å². The predicted octanol–water partition coefficient (Wildman–Crippen LogP) is 2.44. The Morgan fingerprint density at radius 3 is 2.64 bits per heavy atom. The minimum atomic E-state index is -0.617. The molecule has 5 nitrogen and oxygen atoms in total. The largest absolute Gasteiger partial charge is 0.508 e. The second kappa shape index (κ2) is 5.52. The smallest absolute Gasteiger partial charge is 0.256 e.